The fraction of sp³-hybridized carbons (Fsp3) is 0.250. The van der Waals surface area contributed by atoms with Crippen LogP contribution >= 0.6 is 0 Å². The van der Waals surface area contributed by atoms with Crippen LogP contribution in [0.15, 0.2) is 41.4 Å². The topological polar surface area (TPSA) is 38.7 Å². The molecule has 0 atom stereocenters. The number of benzene rings is 1. The van der Waals surface area contributed by atoms with Gasteiger partial charge in [0, 0.05) is 0 Å². The highest BCUT2D eigenvalue weighted by atomic mass is 16.5. The smallest absolute Gasteiger partial charge is 0.235 e. The van der Waals surface area contributed by atoms with Crippen molar-refractivity contribution in [3.05, 3.63) is 42.0 Å². The molecule has 0 unspecified atom stereocenters. The maximum absolute atomic E-state index is 9.90. The molecule has 0 N–H and O–H groups in total. The summed E-state index contributed by atoms with van der Waals surface area (Å²) >= 11 is 0. The summed E-state index contributed by atoms with van der Waals surface area (Å²) in [5, 5.41) is 0. The monoisotopic (exact) mass is 203 g/mol. The molecule has 15 heavy (non-hydrogen) atoms. The lowest BCUT2D eigenvalue weighted by molar-refractivity contribution is 0.414. The van der Waals surface area contributed by atoms with E-state index >= 15 is 0 Å². The molecule has 0 saturated carbocycles. The van der Waals surface area contributed by atoms with Gasteiger partial charge in [0.1, 0.15) is 5.75 Å². The van der Waals surface area contributed by atoms with Gasteiger partial charge in [-0.2, -0.15) is 0 Å². The molecule has 0 amide bonds. The first-order chi connectivity index (χ1) is 7.26. The van der Waals surface area contributed by atoms with Gasteiger partial charge in [-0.15, -0.1) is 0 Å². The molecule has 1 aromatic carbocycles. The molecule has 0 aliphatic rings. The Hall–Kier alpha value is -1.86. The molecule has 0 heterocycles. The van der Waals surface area contributed by atoms with Crippen LogP contribution < -0.4 is 4.74 Å². The van der Waals surface area contributed by atoms with Crippen molar-refractivity contribution in [3.8, 4) is 5.75 Å². The largest absolute Gasteiger partial charge is 0.497 e. The average Bonchev–Trinajstić information content (AvgIpc) is 2.27. The average molecular weight is 203 g/mol. The minimum Gasteiger partial charge on any atom is -0.497 e. The van der Waals surface area contributed by atoms with Crippen LogP contribution in [-0.2, 0) is 11.2 Å². The Morgan fingerprint density at radius 2 is 2.13 bits per heavy atom. The van der Waals surface area contributed by atoms with E-state index in [1.807, 2.05) is 24.3 Å². The first-order valence-corrected chi connectivity index (χ1v) is 4.59. The molecular formula is C12H13NO2. The van der Waals surface area contributed by atoms with Crippen molar-refractivity contribution in [2.24, 2.45) is 4.99 Å². The van der Waals surface area contributed by atoms with E-state index in [0.717, 1.165) is 23.3 Å². The van der Waals surface area contributed by atoms with E-state index in [4.69, 9.17) is 4.74 Å². The highest BCUT2D eigenvalue weighted by Crippen LogP contribution is 2.13. The lowest BCUT2D eigenvalue weighted by Gasteiger charge is -2.03. The van der Waals surface area contributed by atoms with Crippen LogP contribution in [0.25, 0.3) is 0 Å². The SMILES string of the molecule is C=C(CN=C=O)Cc1ccc(OC)cc1. The molecule has 78 valence electrons. The Morgan fingerprint density at radius 3 is 2.67 bits per heavy atom. The summed E-state index contributed by atoms with van der Waals surface area (Å²) in [5.41, 5.74) is 2.02. The second-order valence-corrected chi connectivity index (χ2v) is 3.18. The van der Waals surface area contributed by atoms with E-state index < -0.39 is 0 Å². The van der Waals surface area contributed by atoms with Gasteiger partial charge in [-0.3, -0.25) is 0 Å². The molecule has 1 rings (SSSR count). The van der Waals surface area contributed by atoms with E-state index in [-0.39, 0.29) is 0 Å². The summed E-state index contributed by atoms with van der Waals surface area (Å²) < 4.78 is 5.05. The van der Waals surface area contributed by atoms with Crippen LogP contribution in [0.1, 0.15) is 5.56 Å². The van der Waals surface area contributed by atoms with Gasteiger partial charge in [0.05, 0.1) is 13.7 Å². The van der Waals surface area contributed by atoms with E-state index in [1.165, 1.54) is 6.08 Å². The zero-order valence-electron chi connectivity index (χ0n) is 8.69. The highest BCUT2D eigenvalue weighted by molar-refractivity contribution is 5.34. The Kier molecular flexibility index (Phi) is 4.32. The zero-order chi connectivity index (χ0) is 11.1. The minimum absolute atomic E-state index is 0.343. The van der Waals surface area contributed by atoms with Crippen LogP contribution in [0.2, 0.25) is 0 Å². The number of isocyanates is 1. The summed E-state index contributed by atoms with van der Waals surface area (Å²) in [6.45, 7) is 4.17. The molecule has 0 radical (unpaired) electrons. The lowest BCUT2D eigenvalue weighted by Crippen LogP contribution is -1.93. The van der Waals surface area contributed by atoms with Gasteiger partial charge in [-0.1, -0.05) is 24.3 Å². The standard InChI is InChI=1S/C12H13NO2/c1-10(8-13-9-14)7-11-3-5-12(15-2)6-4-11/h3-6H,1,7-8H2,2H3. The van der Waals surface area contributed by atoms with Gasteiger partial charge in [-0.25, -0.2) is 9.79 Å². The third kappa shape index (κ3) is 3.79. The van der Waals surface area contributed by atoms with Crippen LogP contribution in [-0.4, -0.2) is 19.7 Å². The Labute approximate surface area is 89.1 Å². The van der Waals surface area contributed by atoms with Crippen molar-refractivity contribution in [2.45, 2.75) is 6.42 Å². The normalized spacial score (nSPS) is 9.13. The summed E-state index contributed by atoms with van der Waals surface area (Å²) in [6, 6.07) is 7.72. The van der Waals surface area contributed by atoms with Crippen molar-refractivity contribution in [1.29, 1.82) is 0 Å². The number of methoxy groups -OCH3 is 1. The number of hydrogen-bond acceptors (Lipinski definition) is 3. The predicted octanol–water partition coefficient (Wildman–Crippen LogP) is 2.13. The fourth-order valence-electron chi connectivity index (χ4n) is 1.23. The van der Waals surface area contributed by atoms with Crippen molar-refractivity contribution >= 4 is 6.08 Å². The third-order valence-corrected chi connectivity index (χ3v) is 1.98. The molecule has 0 bridgehead atoms. The number of ether oxygens (including phenoxy) is 1. The molecule has 1 aromatic rings. The maximum Gasteiger partial charge on any atom is 0.235 e. The van der Waals surface area contributed by atoms with Crippen molar-refractivity contribution in [1.82, 2.24) is 0 Å². The summed E-state index contributed by atoms with van der Waals surface area (Å²) in [4.78, 5) is 13.4. The van der Waals surface area contributed by atoms with Gasteiger partial charge in [0.2, 0.25) is 6.08 Å². The quantitative estimate of drug-likeness (QED) is 0.417. The summed E-state index contributed by atoms with van der Waals surface area (Å²) in [5.74, 6) is 0.829. The molecule has 0 aliphatic heterocycles. The van der Waals surface area contributed by atoms with Crippen LogP contribution in [0.3, 0.4) is 0 Å². The Bertz CT molecular complexity index is 375. The van der Waals surface area contributed by atoms with E-state index in [9.17, 15) is 4.79 Å². The number of carbonyl (C=O) groups excluding carboxylic acids is 1. The first kappa shape index (κ1) is 11.2. The van der Waals surface area contributed by atoms with Gasteiger partial charge < -0.3 is 4.74 Å². The molecule has 3 heteroatoms. The minimum atomic E-state index is 0.343. The molecular weight excluding hydrogens is 190 g/mol. The van der Waals surface area contributed by atoms with Crippen LogP contribution in [0.4, 0.5) is 0 Å². The molecule has 3 nitrogen and oxygen atoms in total. The Morgan fingerprint density at radius 1 is 1.47 bits per heavy atom. The molecule has 0 fully saturated rings. The predicted molar refractivity (Wildman–Crippen MR) is 58.8 cm³/mol. The molecule has 0 aromatic heterocycles. The summed E-state index contributed by atoms with van der Waals surface area (Å²) in [6.07, 6.45) is 2.21. The highest BCUT2D eigenvalue weighted by Gasteiger charge is 1.97. The van der Waals surface area contributed by atoms with Gasteiger partial charge >= 0.3 is 0 Å². The number of hydrogen-bond donors (Lipinski definition) is 0. The van der Waals surface area contributed by atoms with Gasteiger partial charge in [0.25, 0.3) is 0 Å². The first-order valence-electron chi connectivity index (χ1n) is 4.59. The van der Waals surface area contributed by atoms with E-state index in [1.54, 1.807) is 7.11 Å². The zero-order valence-corrected chi connectivity index (χ0v) is 8.69. The maximum atomic E-state index is 9.90. The molecule has 0 spiro atoms. The van der Waals surface area contributed by atoms with Crippen molar-refractivity contribution in [2.75, 3.05) is 13.7 Å². The van der Waals surface area contributed by atoms with Crippen molar-refractivity contribution < 1.29 is 9.53 Å². The van der Waals surface area contributed by atoms with E-state index in [0.29, 0.717) is 6.54 Å². The fourth-order valence-corrected chi connectivity index (χ4v) is 1.23. The number of nitrogens with zero attached hydrogens (tertiary/aromatic N) is 1. The third-order valence-electron chi connectivity index (χ3n) is 1.98. The van der Waals surface area contributed by atoms with Crippen molar-refractivity contribution in [3.63, 3.8) is 0 Å². The second-order valence-electron chi connectivity index (χ2n) is 3.18. The summed E-state index contributed by atoms with van der Waals surface area (Å²) in [7, 11) is 1.63. The number of aliphatic imine (C=N–C) groups is 1. The molecule has 0 saturated heterocycles. The van der Waals surface area contributed by atoms with Gasteiger partial charge in [0.15, 0.2) is 0 Å². The number of rotatable bonds is 5. The van der Waals surface area contributed by atoms with Crippen LogP contribution in [0, 0.1) is 0 Å². The van der Waals surface area contributed by atoms with Gasteiger partial charge in [-0.05, 0) is 24.1 Å². The second kappa shape index (κ2) is 5.78. The van der Waals surface area contributed by atoms with Crippen LogP contribution in [0.5, 0.6) is 5.75 Å². The lowest BCUT2D eigenvalue weighted by atomic mass is 10.1. The van der Waals surface area contributed by atoms with E-state index in [2.05, 4.69) is 11.6 Å². The molecule has 0 aliphatic carbocycles. The Balaban J connectivity index is 2.56.